The number of methoxy groups -OCH3 is 4. The normalized spacial score (nSPS) is 10.0. The van der Waals surface area contributed by atoms with Crippen LogP contribution in [-0.4, -0.2) is 40.1 Å². The van der Waals surface area contributed by atoms with Gasteiger partial charge in [0.15, 0.2) is 17.3 Å². The molecule has 2 aromatic rings. The van der Waals surface area contributed by atoms with Crippen molar-refractivity contribution in [3.63, 3.8) is 0 Å². The number of ether oxygens (including phenoxy) is 4. The number of rotatable bonds is 7. The van der Waals surface area contributed by atoms with E-state index in [1.54, 1.807) is 31.4 Å². The van der Waals surface area contributed by atoms with E-state index in [1.807, 2.05) is 0 Å². The molecule has 2 aromatic carbocycles. The lowest BCUT2D eigenvalue weighted by Gasteiger charge is -2.19. The van der Waals surface area contributed by atoms with Gasteiger partial charge in [0, 0.05) is 12.5 Å². The summed E-state index contributed by atoms with van der Waals surface area (Å²) in [5.41, 5.74) is 0.866. The third kappa shape index (κ3) is 3.72. The maximum atomic E-state index is 13.0. The molecule has 0 saturated heterocycles. The number of benzene rings is 2. The molecule has 26 heavy (non-hydrogen) atoms. The average Bonchev–Trinajstić information content (AvgIpc) is 2.66. The Morgan fingerprint density at radius 3 is 1.92 bits per heavy atom. The zero-order valence-corrected chi connectivity index (χ0v) is 15.3. The van der Waals surface area contributed by atoms with E-state index in [0.717, 1.165) is 0 Å². The van der Waals surface area contributed by atoms with Crippen LogP contribution in [0.2, 0.25) is 0 Å². The number of amides is 1. The van der Waals surface area contributed by atoms with Gasteiger partial charge in [-0.3, -0.25) is 9.59 Å². The van der Waals surface area contributed by atoms with E-state index in [0.29, 0.717) is 17.1 Å². The summed E-state index contributed by atoms with van der Waals surface area (Å²) in [5, 5.41) is 2.65. The van der Waals surface area contributed by atoms with E-state index in [9.17, 15) is 9.59 Å². The molecule has 0 saturated carbocycles. The Balaban J connectivity index is 2.67. The smallest absolute Gasteiger partial charge is 0.221 e. The van der Waals surface area contributed by atoms with Gasteiger partial charge in [-0.2, -0.15) is 0 Å². The van der Waals surface area contributed by atoms with Crippen molar-refractivity contribution in [1.29, 1.82) is 0 Å². The molecule has 2 rings (SSSR count). The van der Waals surface area contributed by atoms with Crippen LogP contribution in [0.25, 0.3) is 0 Å². The van der Waals surface area contributed by atoms with Crippen LogP contribution in [-0.2, 0) is 4.79 Å². The van der Waals surface area contributed by atoms with Crippen LogP contribution >= 0.6 is 0 Å². The molecule has 0 fully saturated rings. The van der Waals surface area contributed by atoms with Gasteiger partial charge in [-0.05, 0) is 30.3 Å². The van der Waals surface area contributed by atoms with Crippen molar-refractivity contribution in [1.82, 2.24) is 0 Å². The molecule has 0 radical (unpaired) electrons. The minimum absolute atomic E-state index is 0.207. The van der Waals surface area contributed by atoms with Crippen molar-refractivity contribution in [2.45, 2.75) is 6.92 Å². The van der Waals surface area contributed by atoms with E-state index in [2.05, 4.69) is 5.32 Å². The molecule has 0 bridgehead atoms. The first kappa shape index (κ1) is 19.1. The van der Waals surface area contributed by atoms with Gasteiger partial charge in [0.2, 0.25) is 11.7 Å². The monoisotopic (exact) mass is 359 g/mol. The third-order valence-electron chi connectivity index (χ3n) is 3.73. The number of hydrogen-bond donors (Lipinski definition) is 1. The number of carbonyl (C=O) groups is 2. The van der Waals surface area contributed by atoms with Crippen LogP contribution < -0.4 is 24.3 Å². The summed E-state index contributed by atoms with van der Waals surface area (Å²) in [6.07, 6.45) is 0. The highest BCUT2D eigenvalue weighted by molar-refractivity contribution is 6.15. The Morgan fingerprint density at radius 1 is 0.846 bits per heavy atom. The zero-order chi connectivity index (χ0) is 19.3. The van der Waals surface area contributed by atoms with Gasteiger partial charge in [0.1, 0.15) is 5.75 Å². The van der Waals surface area contributed by atoms with Gasteiger partial charge in [-0.1, -0.05) is 0 Å². The molecule has 0 aliphatic carbocycles. The molecule has 0 unspecified atom stereocenters. The summed E-state index contributed by atoms with van der Waals surface area (Å²) in [6, 6.07) is 8.16. The molecule has 0 spiro atoms. The fourth-order valence-electron chi connectivity index (χ4n) is 2.53. The number of carbonyl (C=O) groups excluding carboxylic acids is 2. The van der Waals surface area contributed by atoms with E-state index < -0.39 is 0 Å². The van der Waals surface area contributed by atoms with Crippen LogP contribution in [0.15, 0.2) is 30.3 Å². The Morgan fingerprint density at radius 2 is 1.46 bits per heavy atom. The first-order valence-corrected chi connectivity index (χ1v) is 7.76. The molecule has 0 aromatic heterocycles. The van der Waals surface area contributed by atoms with Crippen molar-refractivity contribution in [3.8, 4) is 23.0 Å². The third-order valence-corrected chi connectivity index (χ3v) is 3.73. The van der Waals surface area contributed by atoms with Crippen LogP contribution in [0.5, 0.6) is 23.0 Å². The summed E-state index contributed by atoms with van der Waals surface area (Å²) in [5.74, 6) is 0.780. The second kappa shape index (κ2) is 8.24. The van der Waals surface area contributed by atoms with Gasteiger partial charge in [0.05, 0.1) is 39.7 Å². The Labute approximate surface area is 151 Å². The van der Waals surface area contributed by atoms with E-state index in [-0.39, 0.29) is 34.4 Å². The first-order chi connectivity index (χ1) is 12.5. The van der Waals surface area contributed by atoms with Gasteiger partial charge >= 0.3 is 0 Å². The van der Waals surface area contributed by atoms with Gasteiger partial charge in [-0.15, -0.1) is 0 Å². The first-order valence-electron chi connectivity index (χ1n) is 7.76. The quantitative estimate of drug-likeness (QED) is 0.766. The molecule has 0 aliphatic rings. The highest BCUT2D eigenvalue weighted by atomic mass is 16.5. The fourth-order valence-corrected chi connectivity index (χ4v) is 2.53. The van der Waals surface area contributed by atoms with Crippen LogP contribution in [0.1, 0.15) is 22.8 Å². The number of hydrogen-bond acceptors (Lipinski definition) is 6. The lowest BCUT2D eigenvalue weighted by molar-refractivity contribution is -0.114. The largest absolute Gasteiger partial charge is 0.497 e. The molecular weight excluding hydrogens is 338 g/mol. The van der Waals surface area contributed by atoms with Crippen molar-refractivity contribution in [2.75, 3.05) is 33.8 Å². The topological polar surface area (TPSA) is 83.1 Å². The summed E-state index contributed by atoms with van der Waals surface area (Å²) in [6.45, 7) is 1.35. The van der Waals surface area contributed by atoms with E-state index in [1.165, 1.54) is 34.3 Å². The fraction of sp³-hybridized carbons (Fsp3) is 0.263. The van der Waals surface area contributed by atoms with Crippen molar-refractivity contribution in [3.05, 3.63) is 41.5 Å². The Kier molecular flexibility index (Phi) is 6.06. The van der Waals surface area contributed by atoms with Gasteiger partial charge < -0.3 is 24.3 Å². The highest BCUT2D eigenvalue weighted by Crippen LogP contribution is 2.45. The number of ketones is 1. The summed E-state index contributed by atoms with van der Waals surface area (Å²) < 4.78 is 21.1. The predicted molar refractivity (Wildman–Crippen MR) is 96.8 cm³/mol. The average molecular weight is 359 g/mol. The van der Waals surface area contributed by atoms with E-state index in [4.69, 9.17) is 18.9 Å². The minimum Gasteiger partial charge on any atom is -0.497 e. The summed E-state index contributed by atoms with van der Waals surface area (Å²) >= 11 is 0. The summed E-state index contributed by atoms with van der Waals surface area (Å²) in [4.78, 5) is 24.7. The highest BCUT2D eigenvalue weighted by Gasteiger charge is 2.25. The SMILES string of the molecule is COc1ccc(C(=O)c2cc(OC)c(OC)c(OC)c2NC(C)=O)cc1. The summed E-state index contributed by atoms with van der Waals surface area (Å²) in [7, 11) is 5.87. The van der Waals surface area contributed by atoms with Crippen molar-refractivity contribution < 1.29 is 28.5 Å². The van der Waals surface area contributed by atoms with Gasteiger partial charge in [-0.25, -0.2) is 0 Å². The molecule has 7 heteroatoms. The standard InChI is InChI=1S/C19H21NO6/c1-11(21)20-16-14(10-15(24-3)18(25-4)19(16)26-5)17(22)12-6-8-13(23-2)9-7-12/h6-10H,1-5H3,(H,20,21). The Bertz CT molecular complexity index is 814. The minimum atomic E-state index is -0.348. The molecule has 1 N–H and O–H groups in total. The van der Waals surface area contributed by atoms with Crippen LogP contribution in [0, 0.1) is 0 Å². The van der Waals surface area contributed by atoms with Crippen LogP contribution in [0.3, 0.4) is 0 Å². The number of nitrogens with one attached hydrogen (secondary N) is 1. The second-order valence-corrected chi connectivity index (χ2v) is 5.31. The maximum absolute atomic E-state index is 13.0. The van der Waals surface area contributed by atoms with Crippen molar-refractivity contribution >= 4 is 17.4 Å². The second-order valence-electron chi connectivity index (χ2n) is 5.31. The lowest BCUT2D eigenvalue weighted by Crippen LogP contribution is -2.14. The molecule has 0 heterocycles. The molecule has 0 aliphatic heterocycles. The maximum Gasteiger partial charge on any atom is 0.221 e. The van der Waals surface area contributed by atoms with Crippen LogP contribution in [0.4, 0.5) is 5.69 Å². The molecule has 1 amide bonds. The van der Waals surface area contributed by atoms with E-state index >= 15 is 0 Å². The Hall–Kier alpha value is -3.22. The molecule has 138 valence electrons. The van der Waals surface area contributed by atoms with Crippen molar-refractivity contribution in [2.24, 2.45) is 0 Å². The molecule has 7 nitrogen and oxygen atoms in total. The van der Waals surface area contributed by atoms with Gasteiger partial charge in [0.25, 0.3) is 0 Å². The molecular formula is C19H21NO6. The number of anilines is 1. The lowest BCUT2D eigenvalue weighted by atomic mass is 9.99. The predicted octanol–water partition coefficient (Wildman–Crippen LogP) is 2.91. The zero-order valence-electron chi connectivity index (χ0n) is 15.3. The molecule has 0 atom stereocenters.